The number of rotatable bonds is 5. The minimum absolute atomic E-state index is 0.233. The second-order valence-corrected chi connectivity index (χ2v) is 5.32. The second kappa shape index (κ2) is 5.51. The van der Waals surface area contributed by atoms with E-state index < -0.39 is 0 Å². The fraction of sp³-hybridized carbons (Fsp3) is 0.200. The summed E-state index contributed by atoms with van der Waals surface area (Å²) in [6, 6.07) is 3.88. The zero-order valence-electron chi connectivity index (χ0n) is 9.65. The predicted octanol–water partition coefficient (Wildman–Crippen LogP) is 1.93. The van der Waals surface area contributed by atoms with Crippen LogP contribution in [0.15, 0.2) is 31.7 Å². The molecule has 0 aliphatic rings. The van der Waals surface area contributed by atoms with Gasteiger partial charge in [-0.15, -0.1) is 21.5 Å². The lowest BCUT2D eigenvalue weighted by Gasteiger charge is -1.89. The summed E-state index contributed by atoms with van der Waals surface area (Å²) < 4.78 is 10.4. The van der Waals surface area contributed by atoms with Gasteiger partial charge in [-0.3, -0.25) is 0 Å². The highest BCUT2D eigenvalue weighted by molar-refractivity contribution is 7.98. The molecule has 0 aliphatic carbocycles. The van der Waals surface area contributed by atoms with Gasteiger partial charge in [0.05, 0.1) is 17.2 Å². The molecule has 0 saturated carbocycles. The maximum atomic E-state index is 5.38. The van der Waals surface area contributed by atoms with Crippen molar-refractivity contribution in [3.63, 3.8) is 0 Å². The molecule has 3 heterocycles. The van der Waals surface area contributed by atoms with Gasteiger partial charge in [0, 0.05) is 0 Å². The Morgan fingerprint density at radius 3 is 3.00 bits per heavy atom. The summed E-state index contributed by atoms with van der Waals surface area (Å²) in [7, 11) is 0. The average Bonchev–Trinajstić information content (AvgIpc) is 3.16. The molecule has 98 valence electrons. The van der Waals surface area contributed by atoms with E-state index in [1.807, 2.05) is 17.5 Å². The van der Waals surface area contributed by atoms with Crippen LogP contribution in [0.1, 0.15) is 11.8 Å². The fourth-order valence-corrected chi connectivity index (χ4v) is 2.59. The van der Waals surface area contributed by atoms with Crippen LogP contribution in [0.5, 0.6) is 0 Å². The highest BCUT2D eigenvalue weighted by Crippen LogP contribution is 2.24. The van der Waals surface area contributed by atoms with Crippen LogP contribution in [0, 0.1) is 0 Å². The molecule has 0 saturated heterocycles. The number of nitrogens with zero attached hydrogens (tertiary/aromatic N) is 4. The number of thioether (sulfide) groups is 1. The first-order chi connectivity index (χ1) is 9.35. The van der Waals surface area contributed by atoms with Crippen molar-refractivity contribution in [2.75, 3.05) is 0 Å². The third-order valence-corrected chi connectivity index (χ3v) is 3.82. The minimum Gasteiger partial charge on any atom is -0.415 e. The third-order valence-electron chi connectivity index (χ3n) is 2.15. The minimum atomic E-state index is 0.233. The van der Waals surface area contributed by atoms with Gasteiger partial charge in [0.1, 0.15) is 0 Å². The lowest BCUT2D eigenvalue weighted by molar-refractivity contribution is 0.389. The number of aromatic nitrogens is 4. The summed E-state index contributed by atoms with van der Waals surface area (Å²) >= 11 is 2.90. The third kappa shape index (κ3) is 2.83. The van der Waals surface area contributed by atoms with Crippen LogP contribution in [-0.4, -0.2) is 20.3 Å². The Bertz CT molecular complexity index is 648. The molecule has 0 unspecified atom stereocenters. The van der Waals surface area contributed by atoms with Gasteiger partial charge in [-0.1, -0.05) is 23.0 Å². The van der Waals surface area contributed by atoms with E-state index in [1.54, 1.807) is 11.3 Å². The SMILES string of the molecule is NCc1nnc(SCc2nc(-c3cccs3)no2)o1. The molecule has 0 radical (unpaired) electrons. The number of hydrogen-bond acceptors (Lipinski definition) is 9. The molecule has 0 aliphatic heterocycles. The predicted molar refractivity (Wildman–Crippen MR) is 69.4 cm³/mol. The van der Waals surface area contributed by atoms with Crippen LogP contribution >= 0.6 is 23.1 Å². The van der Waals surface area contributed by atoms with E-state index >= 15 is 0 Å². The normalized spacial score (nSPS) is 11.0. The molecule has 19 heavy (non-hydrogen) atoms. The van der Waals surface area contributed by atoms with Gasteiger partial charge in [0.15, 0.2) is 0 Å². The highest BCUT2D eigenvalue weighted by atomic mass is 32.2. The first kappa shape index (κ1) is 12.3. The van der Waals surface area contributed by atoms with Crippen molar-refractivity contribution in [2.45, 2.75) is 17.5 Å². The lowest BCUT2D eigenvalue weighted by atomic mass is 10.4. The van der Waals surface area contributed by atoms with Gasteiger partial charge in [-0.2, -0.15) is 4.98 Å². The van der Waals surface area contributed by atoms with Gasteiger partial charge in [-0.05, 0) is 11.4 Å². The maximum absolute atomic E-state index is 5.38. The van der Waals surface area contributed by atoms with E-state index in [2.05, 4.69) is 20.3 Å². The Hall–Kier alpha value is -1.71. The summed E-state index contributed by atoms with van der Waals surface area (Å²) in [6.07, 6.45) is 0. The molecule has 0 aromatic carbocycles. The van der Waals surface area contributed by atoms with E-state index in [0.29, 0.717) is 28.6 Å². The Labute approximate surface area is 116 Å². The summed E-state index contributed by atoms with van der Waals surface area (Å²) in [4.78, 5) is 5.27. The summed E-state index contributed by atoms with van der Waals surface area (Å²) in [6.45, 7) is 0.233. The zero-order chi connectivity index (χ0) is 13.1. The largest absolute Gasteiger partial charge is 0.415 e. The standard InChI is InChI=1S/C10H9N5O2S2/c11-4-7-13-14-10(16-7)19-5-8-12-9(15-17-8)6-2-1-3-18-6/h1-3H,4-5,11H2. The molecule has 9 heteroatoms. The zero-order valence-corrected chi connectivity index (χ0v) is 11.3. The van der Waals surface area contributed by atoms with Crippen LogP contribution in [0.4, 0.5) is 0 Å². The molecule has 3 aromatic rings. The van der Waals surface area contributed by atoms with Gasteiger partial charge in [0.2, 0.25) is 17.6 Å². The molecule has 0 atom stereocenters. The average molecular weight is 295 g/mol. The summed E-state index contributed by atoms with van der Waals surface area (Å²) in [5.74, 6) is 2.00. The molecule has 3 aromatic heterocycles. The molecule has 3 rings (SSSR count). The molecule has 2 N–H and O–H groups in total. The molecular formula is C10H9N5O2S2. The van der Waals surface area contributed by atoms with Crippen molar-refractivity contribution >= 4 is 23.1 Å². The lowest BCUT2D eigenvalue weighted by Crippen LogP contribution is -1.95. The highest BCUT2D eigenvalue weighted by Gasteiger charge is 2.12. The van der Waals surface area contributed by atoms with E-state index in [1.165, 1.54) is 11.8 Å². The van der Waals surface area contributed by atoms with Crippen molar-refractivity contribution in [1.29, 1.82) is 0 Å². The van der Waals surface area contributed by atoms with Crippen molar-refractivity contribution in [3.05, 3.63) is 29.3 Å². The van der Waals surface area contributed by atoms with E-state index in [9.17, 15) is 0 Å². The number of hydrogen-bond donors (Lipinski definition) is 1. The molecule has 0 bridgehead atoms. The molecule has 0 spiro atoms. The van der Waals surface area contributed by atoms with Gasteiger partial charge in [0.25, 0.3) is 5.22 Å². The monoisotopic (exact) mass is 295 g/mol. The quantitative estimate of drug-likeness (QED) is 0.712. The van der Waals surface area contributed by atoms with Crippen LogP contribution in [0.25, 0.3) is 10.7 Å². The van der Waals surface area contributed by atoms with Crippen molar-refractivity contribution < 1.29 is 8.94 Å². The smallest absolute Gasteiger partial charge is 0.277 e. The molecule has 0 amide bonds. The van der Waals surface area contributed by atoms with E-state index in [0.717, 1.165) is 4.88 Å². The van der Waals surface area contributed by atoms with Crippen molar-refractivity contribution in [2.24, 2.45) is 5.73 Å². The molecule has 0 fully saturated rings. The molecular weight excluding hydrogens is 286 g/mol. The van der Waals surface area contributed by atoms with Crippen LogP contribution in [0.2, 0.25) is 0 Å². The van der Waals surface area contributed by atoms with Crippen LogP contribution < -0.4 is 5.73 Å². The van der Waals surface area contributed by atoms with E-state index in [-0.39, 0.29) is 6.54 Å². The van der Waals surface area contributed by atoms with Crippen molar-refractivity contribution in [3.8, 4) is 10.7 Å². The van der Waals surface area contributed by atoms with Crippen LogP contribution in [-0.2, 0) is 12.3 Å². The van der Waals surface area contributed by atoms with Crippen molar-refractivity contribution in [1.82, 2.24) is 20.3 Å². The topological polar surface area (TPSA) is 104 Å². The summed E-state index contributed by atoms with van der Waals surface area (Å²) in [5.41, 5.74) is 5.38. The van der Waals surface area contributed by atoms with E-state index in [4.69, 9.17) is 14.7 Å². The fourth-order valence-electron chi connectivity index (χ4n) is 1.32. The van der Waals surface area contributed by atoms with Gasteiger partial charge in [-0.25, -0.2) is 0 Å². The number of thiophene rings is 1. The second-order valence-electron chi connectivity index (χ2n) is 3.44. The maximum Gasteiger partial charge on any atom is 0.277 e. The first-order valence-electron chi connectivity index (χ1n) is 5.37. The summed E-state index contributed by atoms with van der Waals surface area (Å²) in [5, 5.41) is 13.9. The van der Waals surface area contributed by atoms with Gasteiger partial charge < -0.3 is 14.7 Å². The number of nitrogens with two attached hydrogens (primary N) is 1. The Morgan fingerprint density at radius 2 is 2.26 bits per heavy atom. The Kier molecular flexibility index (Phi) is 3.58. The van der Waals surface area contributed by atoms with Crippen LogP contribution in [0.3, 0.4) is 0 Å². The Balaban J connectivity index is 1.64. The molecule has 7 nitrogen and oxygen atoms in total. The first-order valence-corrected chi connectivity index (χ1v) is 7.23. The van der Waals surface area contributed by atoms with Gasteiger partial charge >= 0.3 is 0 Å². The Morgan fingerprint density at radius 1 is 1.32 bits per heavy atom.